The van der Waals surface area contributed by atoms with Crippen molar-refractivity contribution in [3.8, 4) is 0 Å². The van der Waals surface area contributed by atoms with Gasteiger partial charge in [-0.15, -0.1) is 0 Å². The Bertz CT molecular complexity index is 822. The third kappa shape index (κ3) is 1.49. The number of anilines is 1. The van der Waals surface area contributed by atoms with E-state index in [4.69, 9.17) is 5.73 Å². The molecule has 2 N–H and O–H groups in total. The van der Waals surface area contributed by atoms with E-state index in [-0.39, 0.29) is 11.6 Å². The van der Waals surface area contributed by atoms with Crippen molar-refractivity contribution in [2.75, 3.05) is 5.73 Å². The van der Waals surface area contributed by atoms with Crippen LogP contribution < -0.4 is 5.73 Å². The Balaban J connectivity index is 2.03. The van der Waals surface area contributed by atoms with E-state index in [0.717, 1.165) is 22.3 Å². The Morgan fingerprint density at radius 3 is 2.38 bits per heavy atom. The Kier molecular flexibility index (Phi) is 2.24. The summed E-state index contributed by atoms with van der Waals surface area (Å²) in [6, 6.07) is 11.3. The zero-order valence-electron chi connectivity index (χ0n) is 11.8. The van der Waals surface area contributed by atoms with Crippen LogP contribution in [0.15, 0.2) is 36.4 Å². The van der Waals surface area contributed by atoms with Crippen molar-refractivity contribution in [2.45, 2.75) is 25.2 Å². The maximum atomic E-state index is 12.4. The van der Waals surface area contributed by atoms with Gasteiger partial charge in [-0.3, -0.25) is 9.59 Å². The van der Waals surface area contributed by atoms with Crippen LogP contribution in [0.3, 0.4) is 0 Å². The van der Waals surface area contributed by atoms with Crippen LogP contribution in [0.1, 0.15) is 50.2 Å². The van der Waals surface area contributed by atoms with Crippen molar-refractivity contribution in [1.82, 2.24) is 0 Å². The van der Waals surface area contributed by atoms with Crippen LogP contribution in [0.25, 0.3) is 0 Å². The lowest BCUT2D eigenvalue weighted by atomic mass is 9.76. The number of hydrogen-bond acceptors (Lipinski definition) is 3. The van der Waals surface area contributed by atoms with Crippen LogP contribution in [0.4, 0.5) is 5.69 Å². The molecule has 0 saturated carbocycles. The van der Waals surface area contributed by atoms with Crippen molar-refractivity contribution in [3.63, 3.8) is 0 Å². The highest BCUT2D eigenvalue weighted by molar-refractivity contribution is 6.10. The van der Waals surface area contributed by atoms with Gasteiger partial charge < -0.3 is 5.73 Å². The van der Waals surface area contributed by atoms with Gasteiger partial charge in [0.1, 0.15) is 0 Å². The summed E-state index contributed by atoms with van der Waals surface area (Å²) in [5.41, 5.74) is 10.5. The normalized spacial score (nSPS) is 22.7. The van der Waals surface area contributed by atoms with E-state index in [2.05, 4.69) is 0 Å². The lowest BCUT2D eigenvalue weighted by molar-refractivity contribution is 0.0957. The second-order valence-corrected chi connectivity index (χ2v) is 6.14. The van der Waals surface area contributed by atoms with Gasteiger partial charge in [0.05, 0.1) is 0 Å². The lowest BCUT2D eigenvalue weighted by Crippen LogP contribution is -2.22. The van der Waals surface area contributed by atoms with Gasteiger partial charge in [-0.05, 0) is 42.3 Å². The number of fused-ring (bicyclic) bond motifs is 4. The van der Waals surface area contributed by atoms with E-state index in [0.29, 0.717) is 24.1 Å². The number of nitrogen functional groups attached to an aromatic ring is 1. The van der Waals surface area contributed by atoms with Crippen molar-refractivity contribution in [1.29, 1.82) is 0 Å². The molecule has 3 heteroatoms. The van der Waals surface area contributed by atoms with Gasteiger partial charge in [-0.2, -0.15) is 0 Å². The highest BCUT2D eigenvalue weighted by Crippen LogP contribution is 2.52. The average molecular weight is 277 g/mol. The Morgan fingerprint density at radius 2 is 1.62 bits per heavy atom. The molecule has 0 amide bonds. The highest BCUT2D eigenvalue weighted by atomic mass is 16.1. The van der Waals surface area contributed by atoms with Crippen molar-refractivity contribution in [2.24, 2.45) is 0 Å². The molecule has 3 nitrogen and oxygen atoms in total. The molecule has 0 fully saturated rings. The maximum absolute atomic E-state index is 12.4. The van der Waals surface area contributed by atoms with Gasteiger partial charge in [-0.25, -0.2) is 0 Å². The third-order valence-corrected chi connectivity index (χ3v) is 4.78. The second-order valence-electron chi connectivity index (χ2n) is 6.14. The van der Waals surface area contributed by atoms with Crippen LogP contribution in [0.5, 0.6) is 0 Å². The Labute approximate surface area is 122 Å². The summed E-state index contributed by atoms with van der Waals surface area (Å²) in [6.07, 6.45) is 0.738. The quantitative estimate of drug-likeness (QED) is 0.753. The zero-order valence-corrected chi connectivity index (χ0v) is 11.8. The van der Waals surface area contributed by atoms with Gasteiger partial charge in [0, 0.05) is 35.1 Å². The number of benzene rings is 2. The van der Waals surface area contributed by atoms with Gasteiger partial charge in [0.2, 0.25) is 0 Å². The van der Waals surface area contributed by atoms with Gasteiger partial charge in [0.25, 0.3) is 0 Å². The number of ketones is 2. The van der Waals surface area contributed by atoms with E-state index < -0.39 is 5.41 Å². The number of Topliss-reactive ketones (excluding diaryl/α,β-unsaturated/α-hetero) is 2. The molecule has 0 radical (unpaired) electrons. The number of nitrogens with two attached hydrogens (primary N) is 1. The molecule has 2 aliphatic rings. The number of carbonyl (C=O) groups is 2. The molecule has 1 unspecified atom stereocenters. The SMILES string of the molecule is Cc1ccc2c(c1)C(=O)CC21CC(=O)c2ccc(N)cc21. The van der Waals surface area contributed by atoms with Crippen molar-refractivity contribution in [3.05, 3.63) is 64.2 Å². The molecule has 104 valence electrons. The molecular weight excluding hydrogens is 262 g/mol. The summed E-state index contributed by atoms with van der Waals surface area (Å²) in [5, 5.41) is 0. The molecule has 0 aromatic heterocycles. The topological polar surface area (TPSA) is 60.2 Å². The minimum absolute atomic E-state index is 0.103. The highest BCUT2D eigenvalue weighted by Gasteiger charge is 2.51. The summed E-state index contributed by atoms with van der Waals surface area (Å²) in [7, 11) is 0. The van der Waals surface area contributed by atoms with Crippen molar-refractivity contribution < 1.29 is 9.59 Å². The summed E-state index contributed by atoms with van der Waals surface area (Å²) >= 11 is 0. The fourth-order valence-corrected chi connectivity index (χ4v) is 3.83. The van der Waals surface area contributed by atoms with Gasteiger partial charge in [0.15, 0.2) is 11.6 Å². The summed E-state index contributed by atoms with van der Waals surface area (Å²) < 4.78 is 0. The molecule has 21 heavy (non-hydrogen) atoms. The molecule has 2 aromatic rings. The zero-order chi connectivity index (χ0) is 14.8. The summed E-state index contributed by atoms with van der Waals surface area (Å²) in [6.45, 7) is 1.98. The number of aryl methyl sites for hydroxylation is 1. The molecule has 4 rings (SSSR count). The standard InChI is InChI=1S/C18H15NO2/c1-10-2-5-14-13(6-10)17(21)9-18(14)8-16(20)12-4-3-11(19)7-15(12)18/h2-7H,8-9,19H2,1H3. The van der Waals surface area contributed by atoms with Gasteiger partial charge in [-0.1, -0.05) is 17.7 Å². The molecule has 1 atom stereocenters. The van der Waals surface area contributed by atoms with E-state index >= 15 is 0 Å². The first-order valence-corrected chi connectivity index (χ1v) is 7.09. The molecule has 0 bridgehead atoms. The molecule has 2 aromatic carbocycles. The second kappa shape index (κ2) is 3.82. The molecule has 0 saturated heterocycles. The molecular formula is C18H15NO2. The van der Waals surface area contributed by atoms with E-state index in [9.17, 15) is 9.59 Å². The van der Waals surface area contributed by atoms with Crippen LogP contribution in [0, 0.1) is 6.92 Å². The fourth-order valence-electron chi connectivity index (χ4n) is 3.83. The van der Waals surface area contributed by atoms with Crippen LogP contribution in [-0.4, -0.2) is 11.6 Å². The summed E-state index contributed by atoms with van der Waals surface area (Å²) in [4.78, 5) is 24.8. The first-order chi connectivity index (χ1) is 10.0. The largest absolute Gasteiger partial charge is 0.399 e. The average Bonchev–Trinajstić information content (AvgIpc) is 2.86. The molecule has 1 spiro atoms. The van der Waals surface area contributed by atoms with Crippen LogP contribution in [-0.2, 0) is 5.41 Å². The smallest absolute Gasteiger partial charge is 0.164 e. The summed E-state index contributed by atoms with van der Waals surface area (Å²) in [5.74, 6) is 0.225. The number of hydrogen-bond donors (Lipinski definition) is 1. The minimum atomic E-state index is -0.498. The van der Waals surface area contributed by atoms with Crippen LogP contribution in [0.2, 0.25) is 0 Å². The van der Waals surface area contributed by atoms with Crippen LogP contribution >= 0.6 is 0 Å². The maximum Gasteiger partial charge on any atom is 0.164 e. The third-order valence-electron chi connectivity index (χ3n) is 4.78. The van der Waals surface area contributed by atoms with E-state index in [1.165, 1.54) is 0 Å². The predicted molar refractivity (Wildman–Crippen MR) is 80.7 cm³/mol. The number of carbonyl (C=O) groups excluding carboxylic acids is 2. The molecule has 0 heterocycles. The molecule has 0 aliphatic heterocycles. The first kappa shape index (κ1) is 12.3. The van der Waals surface area contributed by atoms with E-state index in [1.54, 1.807) is 12.1 Å². The molecule has 2 aliphatic carbocycles. The van der Waals surface area contributed by atoms with Crippen molar-refractivity contribution >= 4 is 17.3 Å². The predicted octanol–water partition coefficient (Wildman–Crippen LogP) is 3.04. The first-order valence-electron chi connectivity index (χ1n) is 7.09. The fraction of sp³-hybridized carbons (Fsp3) is 0.222. The Morgan fingerprint density at radius 1 is 0.905 bits per heavy atom. The number of rotatable bonds is 0. The van der Waals surface area contributed by atoms with E-state index in [1.807, 2.05) is 31.2 Å². The minimum Gasteiger partial charge on any atom is -0.399 e. The monoisotopic (exact) mass is 277 g/mol. The Hall–Kier alpha value is -2.42. The van der Waals surface area contributed by atoms with Gasteiger partial charge >= 0.3 is 0 Å². The lowest BCUT2D eigenvalue weighted by Gasteiger charge is -2.25.